The number of carbonyl (C=O) groups excluding carboxylic acids is 1. The second-order valence-corrected chi connectivity index (χ2v) is 8.79. The second-order valence-electron chi connectivity index (χ2n) is 6.69. The molecule has 0 fully saturated rings. The highest BCUT2D eigenvalue weighted by Gasteiger charge is 2.07. The lowest BCUT2D eigenvalue weighted by molar-refractivity contribution is -0.110. The molecule has 3 rings (SSSR count). The van der Waals surface area contributed by atoms with Crippen molar-refractivity contribution < 1.29 is 14.6 Å². The summed E-state index contributed by atoms with van der Waals surface area (Å²) in [6.07, 6.45) is 1.23. The number of aromatic nitrogens is 1. The van der Waals surface area contributed by atoms with Gasteiger partial charge in [0, 0.05) is 19.4 Å². The van der Waals surface area contributed by atoms with Crippen molar-refractivity contribution in [2.24, 2.45) is 10.7 Å². The van der Waals surface area contributed by atoms with Crippen molar-refractivity contribution in [3.63, 3.8) is 0 Å². The number of allylic oxidation sites excluding steroid dienone is 1. The van der Waals surface area contributed by atoms with Crippen LogP contribution in [0.4, 0.5) is 10.8 Å². The molecule has 0 aliphatic rings. The first-order valence-corrected chi connectivity index (χ1v) is 11.2. The van der Waals surface area contributed by atoms with Crippen LogP contribution < -0.4 is 15.8 Å². The van der Waals surface area contributed by atoms with Gasteiger partial charge in [0.2, 0.25) is 0 Å². The number of aliphatic hydroxyl groups is 1. The minimum absolute atomic E-state index is 0.0158. The molecule has 4 N–H and O–H groups in total. The van der Waals surface area contributed by atoms with E-state index < -0.39 is 0 Å². The molecule has 1 heterocycles. The number of benzene rings is 2. The number of hydrogen-bond acceptors (Lipinski definition) is 8. The maximum absolute atomic E-state index is 11.8. The summed E-state index contributed by atoms with van der Waals surface area (Å²) >= 11 is 2.47. The molecule has 3 aromatic rings. The monoisotopic (exact) mass is 456 g/mol. The normalized spacial score (nSPS) is 11.5. The van der Waals surface area contributed by atoms with Crippen molar-refractivity contribution in [1.82, 2.24) is 4.98 Å². The largest absolute Gasteiger partial charge is 0.513 e. The Morgan fingerprint density at radius 3 is 2.77 bits per heavy atom. The van der Waals surface area contributed by atoms with Crippen LogP contribution in [0.5, 0.6) is 5.75 Å². The average Bonchev–Trinajstić information content (AvgIpc) is 3.15. The molecule has 0 saturated heterocycles. The van der Waals surface area contributed by atoms with Crippen molar-refractivity contribution in [1.29, 1.82) is 0 Å². The first kappa shape index (κ1) is 22.6. The van der Waals surface area contributed by atoms with Gasteiger partial charge in [0.1, 0.15) is 5.75 Å². The third-order valence-electron chi connectivity index (χ3n) is 4.30. The molecule has 162 valence electrons. The van der Waals surface area contributed by atoms with Crippen LogP contribution >= 0.6 is 23.1 Å². The summed E-state index contributed by atoms with van der Waals surface area (Å²) in [6, 6.07) is 13.6. The molecule has 0 bridgehead atoms. The number of nitrogens with two attached hydrogens (primary N) is 1. The Balaban J connectivity index is 1.49. The van der Waals surface area contributed by atoms with Crippen LogP contribution in [0, 0.1) is 0 Å². The number of anilines is 1. The van der Waals surface area contributed by atoms with E-state index in [0.29, 0.717) is 5.69 Å². The molecule has 0 unspecified atom stereocenters. The van der Waals surface area contributed by atoms with E-state index in [1.54, 1.807) is 18.4 Å². The van der Waals surface area contributed by atoms with E-state index >= 15 is 0 Å². The number of aliphatic hydroxyl groups excluding tert-OH is 1. The fourth-order valence-electron chi connectivity index (χ4n) is 2.72. The zero-order chi connectivity index (χ0) is 22.2. The predicted octanol–water partition coefficient (Wildman–Crippen LogP) is 5.02. The topological polar surface area (TPSA) is 110 Å². The molecule has 1 aromatic heterocycles. The molecule has 0 saturated carbocycles. The number of methoxy groups -OCH3 is 1. The van der Waals surface area contributed by atoms with E-state index in [1.807, 2.05) is 42.5 Å². The van der Waals surface area contributed by atoms with Crippen LogP contribution in [0.25, 0.3) is 10.2 Å². The molecule has 0 atom stereocenters. The van der Waals surface area contributed by atoms with Crippen LogP contribution in [0.1, 0.15) is 18.4 Å². The maximum Gasteiger partial charge on any atom is 0.197 e. The van der Waals surface area contributed by atoms with Crippen LogP contribution in [0.3, 0.4) is 0 Å². The molecular formula is C22H24N4O3S2. The van der Waals surface area contributed by atoms with E-state index in [0.717, 1.165) is 51.4 Å². The third kappa shape index (κ3) is 7.01. The van der Waals surface area contributed by atoms with Gasteiger partial charge in [0.15, 0.2) is 15.4 Å². The zero-order valence-corrected chi connectivity index (χ0v) is 18.8. The van der Waals surface area contributed by atoms with Gasteiger partial charge >= 0.3 is 0 Å². The highest BCUT2D eigenvalue weighted by molar-refractivity contribution is 8.26. The number of ether oxygens (including phenoxy) is 1. The number of rotatable bonds is 9. The maximum atomic E-state index is 11.8. The molecule has 0 aliphatic heterocycles. The van der Waals surface area contributed by atoms with Gasteiger partial charge < -0.3 is 20.9 Å². The molecule has 9 heteroatoms. The number of fused-ring (bicyclic) bond motifs is 1. The summed E-state index contributed by atoms with van der Waals surface area (Å²) in [5, 5.41) is 13.3. The number of aliphatic imine (C=N–C) groups is 1. The number of thiazole rings is 1. The summed E-state index contributed by atoms with van der Waals surface area (Å²) in [5.74, 6) is 0.808. The Labute approximate surface area is 189 Å². The Kier molecular flexibility index (Phi) is 7.91. The molecule has 0 spiro atoms. The molecule has 2 aromatic carbocycles. The van der Waals surface area contributed by atoms with Crippen molar-refractivity contribution in [3.8, 4) is 5.75 Å². The molecule has 0 aliphatic carbocycles. The van der Waals surface area contributed by atoms with Gasteiger partial charge in [-0.05, 0) is 54.1 Å². The lowest BCUT2D eigenvalue weighted by Gasteiger charge is -2.04. The van der Waals surface area contributed by atoms with Gasteiger partial charge in [0.05, 0.1) is 28.8 Å². The number of nitrogens with zero attached hydrogens (tertiary/aromatic N) is 2. The SMILES string of the molecule is C=C(O)CCC(=O)SC(N)=Nc1ccc(CCNc2nc3ccc(OC)cc3s2)cc1. The standard InChI is InChI=1S/C22H24N4O3S2/c1-14(27)3-10-20(28)31-21(23)25-16-6-4-15(5-7-16)11-12-24-22-26-18-9-8-17(29-2)13-19(18)30-22/h4-9,13,27H,1,3,10-12H2,2H3,(H2,23,25)(H,24,26). The van der Waals surface area contributed by atoms with Crippen LogP contribution in [-0.2, 0) is 11.2 Å². The second kappa shape index (κ2) is 10.8. The lowest BCUT2D eigenvalue weighted by atomic mass is 10.1. The van der Waals surface area contributed by atoms with Crippen LogP contribution in [0.15, 0.2) is 59.8 Å². The highest BCUT2D eigenvalue weighted by atomic mass is 32.2. The minimum atomic E-state index is -0.160. The number of nitrogens with one attached hydrogen (secondary N) is 1. The number of amidine groups is 1. The van der Waals surface area contributed by atoms with E-state index in [1.165, 1.54) is 0 Å². The van der Waals surface area contributed by atoms with Gasteiger partial charge in [-0.1, -0.05) is 30.0 Å². The van der Waals surface area contributed by atoms with Crippen molar-refractivity contribution in [3.05, 3.63) is 60.4 Å². The quantitative estimate of drug-likeness (QED) is 0.236. The van der Waals surface area contributed by atoms with Gasteiger partial charge in [-0.3, -0.25) is 4.79 Å². The van der Waals surface area contributed by atoms with Crippen LogP contribution in [-0.4, -0.2) is 34.0 Å². The Morgan fingerprint density at radius 1 is 1.29 bits per heavy atom. The summed E-state index contributed by atoms with van der Waals surface area (Å²) < 4.78 is 6.34. The fourth-order valence-corrected chi connectivity index (χ4v) is 4.23. The highest BCUT2D eigenvalue weighted by Crippen LogP contribution is 2.29. The van der Waals surface area contributed by atoms with Gasteiger partial charge in [0.25, 0.3) is 0 Å². The fraction of sp³-hybridized carbons (Fsp3) is 0.227. The molecule has 0 radical (unpaired) electrons. The van der Waals surface area contributed by atoms with Gasteiger partial charge in [-0.25, -0.2) is 9.98 Å². The average molecular weight is 457 g/mol. The summed E-state index contributed by atoms with van der Waals surface area (Å²) in [6.45, 7) is 4.11. The van der Waals surface area contributed by atoms with E-state index in [4.69, 9.17) is 15.6 Å². The number of carbonyl (C=O) groups is 1. The van der Waals surface area contributed by atoms with Gasteiger partial charge in [-0.2, -0.15) is 0 Å². The number of thioether (sulfide) groups is 1. The summed E-state index contributed by atoms with van der Waals surface area (Å²) in [4.78, 5) is 20.6. The lowest BCUT2D eigenvalue weighted by Crippen LogP contribution is -2.09. The summed E-state index contributed by atoms with van der Waals surface area (Å²) in [7, 11) is 1.65. The molecule has 31 heavy (non-hydrogen) atoms. The smallest absolute Gasteiger partial charge is 0.197 e. The molecule has 0 amide bonds. The van der Waals surface area contributed by atoms with Crippen molar-refractivity contribution in [2.75, 3.05) is 19.0 Å². The first-order chi connectivity index (χ1) is 14.9. The van der Waals surface area contributed by atoms with E-state index in [2.05, 4.69) is 21.9 Å². The summed E-state index contributed by atoms with van der Waals surface area (Å²) in [5.41, 5.74) is 8.61. The molecule has 7 nitrogen and oxygen atoms in total. The minimum Gasteiger partial charge on any atom is -0.513 e. The van der Waals surface area contributed by atoms with E-state index in [9.17, 15) is 4.79 Å². The van der Waals surface area contributed by atoms with Crippen molar-refractivity contribution in [2.45, 2.75) is 19.3 Å². The molecular weight excluding hydrogens is 432 g/mol. The Bertz CT molecular complexity index is 1090. The Hall–Kier alpha value is -3.04. The zero-order valence-electron chi connectivity index (χ0n) is 17.1. The van der Waals surface area contributed by atoms with Crippen molar-refractivity contribution >= 4 is 54.4 Å². The van der Waals surface area contributed by atoms with E-state index in [-0.39, 0.29) is 28.9 Å². The first-order valence-electron chi connectivity index (χ1n) is 9.62. The Morgan fingerprint density at radius 2 is 2.06 bits per heavy atom. The predicted molar refractivity (Wildman–Crippen MR) is 130 cm³/mol. The van der Waals surface area contributed by atoms with Gasteiger partial charge in [-0.15, -0.1) is 0 Å². The van der Waals surface area contributed by atoms with Crippen LogP contribution in [0.2, 0.25) is 0 Å². The third-order valence-corrected chi connectivity index (χ3v) is 6.01. The number of hydrogen-bond donors (Lipinski definition) is 3.